The van der Waals surface area contributed by atoms with Gasteiger partial charge in [-0.25, -0.2) is 4.99 Å². The molecular formula is C21H18N4O2. The minimum absolute atomic E-state index is 0.264. The average Bonchev–Trinajstić information content (AvgIpc) is 3.01. The van der Waals surface area contributed by atoms with Crippen molar-refractivity contribution in [3.05, 3.63) is 59.3 Å². The Bertz CT molecular complexity index is 1150. The number of aliphatic hydroxyl groups is 1. The summed E-state index contributed by atoms with van der Waals surface area (Å²) in [6.07, 6.45) is 1.97. The van der Waals surface area contributed by atoms with Crippen LogP contribution in [-0.4, -0.2) is 39.1 Å². The largest absolute Gasteiger partial charge is 0.374 e. The number of rotatable bonds is 1. The molecule has 1 N–H and O–H groups in total. The summed E-state index contributed by atoms with van der Waals surface area (Å²) in [5.74, 6) is 0.143. The Morgan fingerprint density at radius 2 is 1.93 bits per heavy atom. The number of benzene rings is 2. The number of fused-ring (bicyclic) bond motifs is 3. The summed E-state index contributed by atoms with van der Waals surface area (Å²) in [6, 6.07) is 11.4. The van der Waals surface area contributed by atoms with Crippen molar-refractivity contribution in [3.63, 3.8) is 0 Å². The van der Waals surface area contributed by atoms with E-state index >= 15 is 0 Å². The van der Waals surface area contributed by atoms with Crippen molar-refractivity contribution in [2.75, 3.05) is 11.4 Å². The van der Waals surface area contributed by atoms with Gasteiger partial charge in [0.2, 0.25) is 5.78 Å². The Morgan fingerprint density at radius 1 is 1.11 bits per heavy atom. The summed E-state index contributed by atoms with van der Waals surface area (Å²) < 4.78 is 0. The van der Waals surface area contributed by atoms with Crippen LogP contribution >= 0.6 is 0 Å². The van der Waals surface area contributed by atoms with Crippen LogP contribution in [-0.2, 0) is 0 Å². The third-order valence-corrected chi connectivity index (χ3v) is 5.59. The van der Waals surface area contributed by atoms with Gasteiger partial charge in [-0.1, -0.05) is 0 Å². The number of hydrogen-bond donors (Lipinski definition) is 1. The van der Waals surface area contributed by atoms with E-state index in [2.05, 4.69) is 10.2 Å². The molecule has 0 amide bonds. The molecule has 6 nitrogen and oxygen atoms in total. The van der Waals surface area contributed by atoms with Gasteiger partial charge in [-0.2, -0.15) is 10.2 Å². The third kappa shape index (κ3) is 2.23. The molecule has 3 heterocycles. The number of amidine groups is 1. The summed E-state index contributed by atoms with van der Waals surface area (Å²) in [4.78, 5) is 19.7. The molecule has 1 unspecified atom stereocenters. The summed E-state index contributed by atoms with van der Waals surface area (Å²) in [7, 11) is 0. The first-order chi connectivity index (χ1) is 13.0. The zero-order chi connectivity index (χ0) is 18.8. The van der Waals surface area contributed by atoms with Crippen LogP contribution in [0.25, 0.3) is 10.9 Å². The number of Topliss-reactive ketones (excluding diaryl/α,β-unsaturated/α-hetero) is 1. The molecule has 3 aromatic rings. The van der Waals surface area contributed by atoms with E-state index in [-0.39, 0.29) is 5.78 Å². The summed E-state index contributed by atoms with van der Waals surface area (Å²) in [5, 5.41) is 20.1. The van der Waals surface area contributed by atoms with Gasteiger partial charge in [0.1, 0.15) is 5.84 Å². The van der Waals surface area contributed by atoms with Crippen LogP contribution in [0.2, 0.25) is 0 Å². The smallest absolute Gasteiger partial charge is 0.204 e. The number of carbonyl (C=O) groups excluding carboxylic acids is 1. The molecule has 0 spiro atoms. The second-order valence-corrected chi connectivity index (χ2v) is 7.25. The van der Waals surface area contributed by atoms with Crippen LogP contribution in [0, 0.1) is 13.8 Å². The monoisotopic (exact) mass is 358 g/mol. The molecule has 6 heteroatoms. The van der Waals surface area contributed by atoms with E-state index in [1.165, 1.54) is 0 Å². The van der Waals surface area contributed by atoms with Crippen LogP contribution in [0.4, 0.5) is 11.4 Å². The van der Waals surface area contributed by atoms with Gasteiger partial charge in [-0.3, -0.25) is 4.79 Å². The Balaban J connectivity index is 1.67. The third-order valence-electron chi connectivity index (χ3n) is 5.59. The highest BCUT2D eigenvalue weighted by molar-refractivity contribution is 6.28. The number of nitrogens with zero attached hydrogens (tertiary/aromatic N) is 4. The molecule has 1 fully saturated rings. The first-order valence-corrected chi connectivity index (χ1v) is 8.94. The molecule has 0 radical (unpaired) electrons. The molecular weight excluding hydrogens is 340 g/mol. The Labute approximate surface area is 156 Å². The molecule has 0 aliphatic carbocycles. The van der Waals surface area contributed by atoms with Crippen molar-refractivity contribution in [1.29, 1.82) is 0 Å². The number of aromatic nitrogens is 2. The van der Waals surface area contributed by atoms with E-state index in [4.69, 9.17) is 4.99 Å². The number of anilines is 1. The number of carbonyl (C=O) groups is 1. The number of ketones is 1. The highest BCUT2D eigenvalue weighted by atomic mass is 16.3. The molecule has 0 saturated carbocycles. The lowest BCUT2D eigenvalue weighted by Crippen LogP contribution is -2.48. The van der Waals surface area contributed by atoms with Crippen LogP contribution in [0.15, 0.2) is 47.6 Å². The minimum atomic E-state index is -1.57. The van der Waals surface area contributed by atoms with Gasteiger partial charge in [0.05, 0.1) is 17.4 Å². The maximum absolute atomic E-state index is 13.1. The SMILES string of the molecule is Cc1cc2c(cc1C)C(=O)C1(O)CCN(c3ccc4nnccc4c3)C1=N2. The Hall–Kier alpha value is -3.12. The Morgan fingerprint density at radius 3 is 2.78 bits per heavy atom. The molecule has 27 heavy (non-hydrogen) atoms. The predicted molar refractivity (Wildman–Crippen MR) is 104 cm³/mol. The van der Waals surface area contributed by atoms with Gasteiger partial charge >= 0.3 is 0 Å². The second-order valence-electron chi connectivity index (χ2n) is 7.25. The van der Waals surface area contributed by atoms with E-state index in [0.717, 1.165) is 27.7 Å². The van der Waals surface area contributed by atoms with Gasteiger partial charge in [-0.15, -0.1) is 0 Å². The van der Waals surface area contributed by atoms with Crippen LogP contribution in [0.1, 0.15) is 27.9 Å². The van der Waals surface area contributed by atoms with E-state index in [1.54, 1.807) is 6.20 Å². The molecule has 2 aliphatic heterocycles. The van der Waals surface area contributed by atoms with Crippen molar-refractivity contribution < 1.29 is 9.90 Å². The molecule has 134 valence electrons. The average molecular weight is 358 g/mol. The van der Waals surface area contributed by atoms with Gasteiger partial charge in [0.15, 0.2) is 5.60 Å². The quantitative estimate of drug-likeness (QED) is 0.723. The zero-order valence-electron chi connectivity index (χ0n) is 15.1. The maximum atomic E-state index is 13.1. The molecule has 1 aromatic heterocycles. The van der Waals surface area contributed by atoms with Crippen molar-refractivity contribution in [2.24, 2.45) is 4.99 Å². The predicted octanol–water partition coefficient (Wildman–Crippen LogP) is 3.11. The highest BCUT2D eigenvalue weighted by Gasteiger charge is 2.52. The molecule has 2 aromatic carbocycles. The first-order valence-electron chi connectivity index (χ1n) is 8.94. The molecule has 1 atom stereocenters. The van der Waals surface area contributed by atoms with E-state index in [9.17, 15) is 9.90 Å². The number of aliphatic imine (C=N–C) groups is 1. The van der Waals surface area contributed by atoms with Crippen molar-refractivity contribution in [2.45, 2.75) is 25.9 Å². The zero-order valence-corrected chi connectivity index (χ0v) is 15.1. The fraction of sp³-hybridized carbons (Fsp3) is 0.238. The standard InChI is InChI=1S/C21H18N4O2/c1-12-9-16-18(10-13(12)2)23-20-21(27,19(16)26)6-8-25(20)15-3-4-17-14(11-15)5-7-22-24-17/h3-5,7,9-11,27H,6,8H2,1-2H3. The van der Waals surface area contributed by atoms with Crippen molar-refractivity contribution >= 4 is 33.9 Å². The van der Waals surface area contributed by atoms with Crippen molar-refractivity contribution in [1.82, 2.24) is 10.2 Å². The van der Waals surface area contributed by atoms with E-state index in [1.807, 2.05) is 55.1 Å². The first kappa shape index (κ1) is 16.1. The molecule has 1 saturated heterocycles. The summed E-state index contributed by atoms with van der Waals surface area (Å²) in [5.41, 5.74) is 3.33. The summed E-state index contributed by atoms with van der Waals surface area (Å²) in [6.45, 7) is 4.49. The van der Waals surface area contributed by atoms with E-state index < -0.39 is 5.60 Å². The molecule has 5 rings (SSSR count). The van der Waals surface area contributed by atoms with Crippen LogP contribution in [0.5, 0.6) is 0 Å². The Kier molecular flexibility index (Phi) is 3.24. The van der Waals surface area contributed by atoms with Gasteiger partial charge in [0, 0.05) is 29.6 Å². The minimum Gasteiger partial charge on any atom is -0.374 e. The number of hydrogen-bond acceptors (Lipinski definition) is 6. The second kappa shape index (κ2) is 5.44. The fourth-order valence-electron chi connectivity index (χ4n) is 3.89. The topological polar surface area (TPSA) is 78.7 Å². The lowest BCUT2D eigenvalue weighted by Gasteiger charge is -2.30. The van der Waals surface area contributed by atoms with Crippen molar-refractivity contribution in [3.8, 4) is 0 Å². The number of aryl methyl sites for hydroxylation is 2. The highest BCUT2D eigenvalue weighted by Crippen LogP contribution is 2.40. The lowest BCUT2D eigenvalue weighted by molar-refractivity contribution is 0.0602. The maximum Gasteiger partial charge on any atom is 0.204 e. The fourth-order valence-corrected chi connectivity index (χ4v) is 3.89. The van der Waals surface area contributed by atoms with Gasteiger partial charge < -0.3 is 10.0 Å². The van der Waals surface area contributed by atoms with Crippen LogP contribution in [0.3, 0.4) is 0 Å². The van der Waals surface area contributed by atoms with Gasteiger partial charge in [-0.05, 0) is 61.4 Å². The normalized spacial score (nSPS) is 21.2. The molecule has 0 bridgehead atoms. The van der Waals surface area contributed by atoms with Gasteiger partial charge in [0.25, 0.3) is 0 Å². The summed E-state index contributed by atoms with van der Waals surface area (Å²) >= 11 is 0. The van der Waals surface area contributed by atoms with E-state index in [0.29, 0.717) is 30.1 Å². The van der Waals surface area contributed by atoms with Crippen LogP contribution < -0.4 is 4.90 Å². The molecule has 2 aliphatic rings. The lowest BCUT2D eigenvalue weighted by atomic mass is 9.86.